The number of nitrogens with one attached hydrogen (secondary N) is 1. The Bertz CT molecular complexity index is 636. The summed E-state index contributed by atoms with van der Waals surface area (Å²) in [6, 6.07) is 9.22. The van der Waals surface area contributed by atoms with E-state index in [4.69, 9.17) is 9.84 Å². The Labute approximate surface area is 116 Å². The second-order valence-corrected chi connectivity index (χ2v) is 4.90. The first-order chi connectivity index (χ1) is 9.74. The molecule has 5 heteroatoms. The van der Waals surface area contributed by atoms with Crippen molar-refractivity contribution < 1.29 is 14.6 Å². The molecule has 0 radical (unpaired) electrons. The van der Waals surface area contributed by atoms with Gasteiger partial charge in [0, 0.05) is 18.5 Å². The van der Waals surface area contributed by atoms with Crippen LogP contribution in [0.5, 0.6) is 0 Å². The monoisotopic (exact) mass is 272 g/mol. The first-order valence-corrected chi connectivity index (χ1v) is 6.72. The molecular weight excluding hydrogens is 256 g/mol. The number of anilines is 1. The maximum Gasteiger partial charge on any atom is 0.354 e. The third-order valence-corrected chi connectivity index (χ3v) is 3.48. The van der Waals surface area contributed by atoms with Crippen LogP contribution >= 0.6 is 0 Å². The highest BCUT2D eigenvalue weighted by Crippen LogP contribution is 2.23. The van der Waals surface area contributed by atoms with E-state index >= 15 is 0 Å². The molecule has 1 aliphatic rings. The third kappa shape index (κ3) is 2.58. The van der Waals surface area contributed by atoms with Gasteiger partial charge in [0.05, 0.1) is 6.10 Å². The number of pyridine rings is 1. The summed E-state index contributed by atoms with van der Waals surface area (Å²) in [6.45, 7) is 1.45. The van der Waals surface area contributed by atoms with E-state index in [1.807, 2.05) is 24.3 Å². The number of ether oxygens (including phenoxy) is 1. The number of aromatic carboxylic acids is 1. The lowest BCUT2D eigenvalue weighted by Crippen LogP contribution is -2.19. The molecule has 2 N–H and O–H groups in total. The van der Waals surface area contributed by atoms with Crippen LogP contribution in [0, 0.1) is 0 Å². The number of carbonyl (C=O) groups is 1. The van der Waals surface area contributed by atoms with E-state index in [9.17, 15) is 4.79 Å². The highest BCUT2D eigenvalue weighted by molar-refractivity contribution is 5.97. The Morgan fingerprint density at radius 1 is 1.45 bits per heavy atom. The molecule has 1 aromatic heterocycles. The van der Waals surface area contributed by atoms with Gasteiger partial charge in [-0.2, -0.15) is 0 Å². The normalized spacial score (nSPS) is 18.3. The zero-order chi connectivity index (χ0) is 13.9. The molecule has 0 saturated carbocycles. The van der Waals surface area contributed by atoms with Crippen LogP contribution in [0.1, 0.15) is 23.3 Å². The van der Waals surface area contributed by atoms with Gasteiger partial charge in [-0.15, -0.1) is 0 Å². The fourth-order valence-electron chi connectivity index (χ4n) is 2.46. The van der Waals surface area contributed by atoms with Gasteiger partial charge in [0.15, 0.2) is 5.69 Å². The van der Waals surface area contributed by atoms with Crippen LogP contribution < -0.4 is 5.32 Å². The van der Waals surface area contributed by atoms with Crippen LogP contribution in [-0.2, 0) is 4.74 Å². The lowest BCUT2D eigenvalue weighted by Gasteiger charge is -2.13. The van der Waals surface area contributed by atoms with Gasteiger partial charge in [0.2, 0.25) is 0 Å². The zero-order valence-corrected chi connectivity index (χ0v) is 11.0. The predicted octanol–water partition coefficient (Wildman–Crippen LogP) is 2.52. The van der Waals surface area contributed by atoms with Crippen molar-refractivity contribution in [2.75, 3.05) is 18.5 Å². The SMILES string of the molecule is O=C(O)c1cc2ccccc2c(NCC2CCCO2)n1. The molecule has 20 heavy (non-hydrogen) atoms. The zero-order valence-electron chi connectivity index (χ0n) is 11.0. The number of benzene rings is 1. The Hall–Kier alpha value is -2.14. The molecule has 0 spiro atoms. The first kappa shape index (κ1) is 12.9. The number of rotatable bonds is 4. The highest BCUT2D eigenvalue weighted by Gasteiger charge is 2.16. The second kappa shape index (κ2) is 5.46. The molecule has 1 aliphatic heterocycles. The molecular formula is C15H16N2O3. The molecule has 1 atom stereocenters. The standard InChI is InChI=1S/C15H16N2O3/c18-15(19)13-8-10-4-1-2-6-12(10)14(17-13)16-9-11-5-3-7-20-11/h1-2,4,6,8,11H,3,5,7,9H2,(H,16,17)(H,18,19). The molecule has 1 saturated heterocycles. The molecule has 1 aromatic carbocycles. The molecule has 5 nitrogen and oxygen atoms in total. The van der Waals surface area contributed by atoms with Crippen molar-refractivity contribution in [3.8, 4) is 0 Å². The fraction of sp³-hybridized carbons (Fsp3) is 0.333. The summed E-state index contributed by atoms with van der Waals surface area (Å²) in [6.07, 6.45) is 2.29. The summed E-state index contributed by atoms with van der Waals surface area (Å²) in [5, 5.41) is 14.2. The van der Waals surface area contributed by atoms with Gasteiger partial charge >= 0.3 is 5.97 Å². The molecule has 1 fully saturated rings. The maximum atomic E-state index is 11.1. The van der Waals surface area contributed by atoms with E-state index in [0.717, 1.165) is 30.2 Å². The van der Waals surface area contributed by atoms with Gasteiger partial charge in [0.1, 0.15) is 5.82 Å². The molecule has 0 bridgehead atoms. The molecule has 0 aliphatic carbocycles. The van der Waals surface area contributed by atoms with Crippen LogP contribution in [-0.4, -0.2) is 35.3 Å². The van der Waals surface area contributed by atoms with Gasteiger partial charge in [-0.05, 0) is 24.3 Å². The number of fused-ring (bicyclic) bond motifs is 1. The molecule has 2 aromatic rings. The van der Waals surface area contributed by atoms with Crippen molar-refractivity contribution in [1.82, 2.24) is 4.98 Å². The van der Waals surface area contributed by atoms with Gasteiger partial charge in [-0.1, -0.05) is 24.3 Å². The van der Waals surface area contributed by atoms with E-state index < -0.39 is 5.97 Å². The second-order valence-electron chi connectivity index (χ2n) is 4.90. The maximum absolute atomic E-state index is 11.1. The van der Waals surface area contributed by atoms with Crippen molar-refractivity contribution in [2.45, 2.75) is 18.9 Å². The van der Waals surface area contributed by atoms with Crippen LogP contribution in [0.2, 0.25) is 0 Å². The lowest BCUT2D eigenvalue weighted by molar-refractivity contribution is 0.0691. The number of nitrogens with zero attached hydrogens (tertiary/aromatic N) is 1. The Morgan fingerprint density at radius 2 is 2.30 bits per heavy atom. The average molecular weight is 272 g/mol. The number of aromatic nitrogens is 1. The van der Waals surface area contributed by atoms with Gasteiger partial charge < -0.3 is 15.2 Å². The smallest absolute Gasteiger partial charge is 0.354 e. The van der Waals surface area contributed by atoms with Gasteiger partial charge in [0.25, 0.3) is 0 Å². The summed E-state index contributed by atoms with van der Waals surface area (Å²) in [5.41, 5.74) is 0.0542. The van der Waals surface area contributed by atoms with Crippen molar-refractivity contribution in [2.24, 2.45) is 0 Å². The van der Waals surface area contributed by atoms with Gasteiger partial charge in [-0.3, -0.25) is 0 Å². The van der Waals surface area contributed by atoms with E-state index in [1.165, 1.54) is 0 Å². The van der Waals surface area contributed by atoms with Crippen molar-refractivity contribution >= 4 is 22.6 Å². The molecule has 0 amide bonds. The van der Waals surface area contributed by atoms with E-state index in [-0.39, 0.29) is 11.8 Å². The number of hydrogen-bond acceptors (Lipinski definition) is 4. The van der Waals surface area contributed by atoms with Crippen molar-refractivity contribution in [3.63, 3.8) is 0 Å². The molecule has 2 heterocycles. The Balaban J connectivity index is 1.92. The fourth-order valence-corrected chi connectivity index (χ4v) is 2.46. The quantitative estimate of drug-likeness (QED) is 0.894. The summed E-state index contributed by atoms with van der Waals surface area (Å²) < 4.78 is 5.56. The average Bonchev–Trinajstić information content (AvgIpc) is 2.97. The lowest BCUT2D eigenvalue weighted by atomic mass is 10.1. The number of carboxylic acid groups (broad SMARTS) is 1. The van der Waals surface area contributed by atoms with Gasteiger partial charge in [-0.25, -0.2) is 9.78 Å². The topological polar surface area (TPSA) is 71.5 Å². The third-order valence-electron chi connectivity index (χ3n) is 3.48. The first-order valence-electron chi connectivity index (χ1n) is 6.72. The van der Waals surface area contributed by atoms with E-state index in [1.54, 1.807) is 6.07 Å². The summed E-state index contributed by atoms with van der Waals surface area (Å²) in [7, 11) is 0. The van der Waals surface area contributed by atoms with Crippen LogP contribution in [0.4, 0.5) is 5.82 Å². The van der Waals surface area contributed by atoms with Crippen LogP contribution in [0.15, 0.2) is 30.3 Å². The largest absolute Gasteiger partial charge is 0.477 e. The summed E-state index contributed by atoms with van der Waals surface area (Å²) in [4.78, 5) is 15.3. The Kier molecular flexibility index (Phi) is 3.52. The summed E-state index contributed by atoms with van der Waals surface area (Å²) in [5.74, 6) is -0.410. The van der Waals surface area contributed by atoms with Crippen LogP contribution in [0.3, 0.4) is 0 Å². The number of hydrogen-bond donors (Lipinski definition) is 2. The minimum atomic E-state index is -1.02. The number of carboxylic acids is 1. The van der Waals surface area contributed by atoms with Crippen molar-refractivity contribution in [3.05, 3.63) is 36.0 Å². The molecule has 104 valence electrons. The summed E-state index contributed by atoms with van der Waals surface area (Å²) >= 11 is 0. The molecule has 1 unspecified atom stereocenters. The Morgan fingerprint density at radius 3 is 3.05 bits per heavy atom. The predicted molar refractivity (Wildman–Crippen MR) is 76.2 cm³/mol. The van der Waals surface area contributed by atoms with Crippen molar-refractivity contribution in [1.29, 1.82) is 0 Å². The minimum absolute atomic E-state index is 0.0542. The van der Waals surface area contributed by atoms with E-state index in [2.05, 4.69) is 10.3 Å². The van der Waals surface area contributed by atoms with E-state index in [0.29, 0.717) is 12.4 Å². The molecule has 3 rings (SSSR count). The van der Waals surface area contributed by atoms with Crippen LogP contribution in [0.25, 0.3) is 10.8 Å². The minimum Gasteiger partial charge on any atom is -0.477 e. The highest BCUT2D eigenvalue weighted by atomic mass is 16.5.